The summed E-state index contributed by atoms with van der Waals surface area (Å²) in [7, 11) is 0. The number of likely N-dealkylation sites (tertiary alicyclic amines) is 1. The van der Waals surface area contributed by atoms with Crippen molar-refractivity contribution in [1.82, 2.24) is 20.4 Å². The van der Waals surface area contributed by atoms with E-state index in [1.165, 1.54) is 17.7 Å². The Bertz CT molecular complexity index is 694. The molecule has 1 fully saturated rings. The number of thiophene rings is 1. The number of hydrogen-bond donors (Lipinski definition) is 2. The molecule has 0 spiro atoms. The monoisotopic (exact) mass is 344 g/mol. The van der Waals surface area contributed by atoms with E-state index in [1.54, 1.807) is 0 Å². The third-order valence-electron chi connectivity index (χ3n) is 5.14. The summed E-state index contributed by atoms with van der Waals surface area (Å²) in [4.78, 5) is 16.4. The van der Waals surface area contributed by atoms with Crippen molar-refractivity contribution in [3.63, 3.8) is 0 Å². The number of H-pyrrole nitrogens is 1. The molecule has 1 aliphatic carbocycles. The average Bonchev–Trinajstić information content (AvgIpc) is 3.30. The molecule has 0 aromatic carbocycles. The van der Waals surface area contributed by atoms with Gasteiger partial charge in [0.1, 0.15) is 0 Å². The van der Waals surface area contributed by atoms with Gasteiger partial charge in [-0.25, -0.2) is 0 Å². The summed E-state index contributed by atoms with van der Waals surface area (Å²) in [5.41, 5.74) is 2.91. The summed E-state index contributed by atoms with van der Waals surface area (Å²) in [5.74, 6) is 0.527. The molecular weight excluding hydrogens is 320 g/mol. The fraction of sp³-hybridized carbons (Fsp3) is 0.556. The van der Waals surface area contributed by atoms with Crippen molar-refractivity contribution >= 4 is 17.2 Å². The molecule has 2 aromatic heterocycles. The second-order valence-electron chi connectivity index (χ2n) is 6.92. The molecule has 1 amide bonds. The summed E-state index contributed by atoms with van der Waals surface area (Å²) in [6.07, 6.45) is 5.54. The Hall–Kier alpha value is -1.66. The van der Waals surface area contributed by atoms with E-state index >= 15 is 0 Å². The van der Waals surface area contributed by atoms with Crippen LogP contribution in [0.2, 0.25) is 0 Å². The minimum absolute atomic E-state index is 0.00946. The fourth-order valence-electron chi connectivity index (χ4n) is 3.91. The van der Waals surface area contributed by atoms with Crippen LogP contribution in [0, 0.1) is 5.92 Å². The Morgan fingerprint density at radius 3 is 3.25 bits per heavy atom. The molecule has 1 atom stereocenters. The summed E-state index contributed by atoms with van der Waals surface area (Å²) in [5, 5.41) is 12.5. The lowest BCUT2D eigenvalue weighted by Gasteiger charge is -2.32. The van der Waals surface area contributed by atoms with Crippen molar-refractivity contribution in [2.24, 2.45) is 5.92 Å². The minimum Gasteiger partial charge on any atom is -0.350 e. The van der Waals surface area contributed by atoms with Gasteiger partial charge in [-0.15, -0.1) is 11.3 Å². The molecule has 0 saturated carbocycles. The first kappa shape index (κ1) is 15.8. The normalized spacial score (nSPS) is 20.9. The highest BCUT2D eigenvalue weighted by molar-refractivity contribution is 7.09. The first-order valence-corrected chi connectivity index (χ1v) is 9.76. The van der Waals surface area contributed by atoms with Gasteiger partial charge in [0.15, 0.2) is 5.69 Å². The van der Waals surface area contributed by atoms with E-state index in [-0.39, 0.29) is 5.91 Å². The van der Waals surface area contributed by atoms with Gasteiger partial charge in [0, 0.05) is 35.8 Å². The number of fused-ring (bicyclic) bond motifs is 1. The highest BCUT2D eigenvalue weighted by atomic mass is 32.1. The van der Waals surface area contributed by atoms with E-state index in [9.17, 15) is 4.79 Å². The Kier molecular flexibility index (Phi) is 4.67. The highest BCUT2D eigenvalue weighted by Crippen LogP contribution is 2.23. The van der Waals surface area contributed by atoms with Crippen molar-refractivity contribution in [2.75, 3.05) is 19.6 Å². The van der Waals surface area contributed by atoms with Crippen LogP contribution < -0.4 is 5.32 Å². The predicted molar refractivity (Wildman–Crippen MR) is 95.3 cm³/mol. The van der Waals surface area contributed by atoms with E-state index in [1.807, 2.05) is 11.3 Å². The van der Waals surface area contributed by atoms with Crippen molar-refractivity contribution in [3.05, 3.63) is 39.3 Å². The Labute approximate surface area is 146 Å². The quantitative estimate of drug-likeness (QED) is 0.876. The van der Waals surface area contributed by atoms with Gasteiger partial charge in [0.2, 0.25) is 0 Å². The maximum absolute atomic E-state index is 12.4. The van der Waals surface area contributed by atoms with Crippen LogP contribution >= 0.6 is 11.3 Å². The molecule has 6 heteroatoms. The topological polar surface area (TPSA) is 61.0 Å². The number of rotatable bonds is 5. The smallest absolute Gasteiger partial charge is 0.272 e. The number of amides is 1. The minimum atomic E-state index is -0.00946. The molecule has 0 radical (unpaired) electrons. The fourth-order valence-corrected chi connectivity index (χ4v) is 4.66. The molecule has 128 valence electrons. The highest BCUT2D eigenvalue weighted by Gasteiger charge is 2.25. The van der Waals surface area contributed by atoms with Gasteiger partial charge < -0.3 is 5.32 Å². The number of aryl methyl sites for hydroxylation is 1. The Balaban J connectivity index is 1.29. The van der Waals surface area contributed by atoms with E-state index in [0.717, 1.165) is 56.7 Å². The lowest BCUT2D eigenvalue weighted by Crippen LogP contribution is -2.40. The van der Waals surface area contributed by atoms with Crippen LogP contribution in [0.5, 0.6) is 0 Å². The van der Waals surface area contributed by atoms with E-state index in [4.69, 9.17) is 0 Å². The molecule has 0 bridgehead atoms. The number of nitrogens with one attached hydrogen (secondary N) is 2. The summed E-state index contributed by atoms with van der Waals surface area (Å²) in [6, 6.07) is 4.32. The molecule has 0 unspecified atom stereocenters. The van der Waals surface area contributed by atoms with Crippen LogP contribution in [0.25, 0.3) is 0 Å². The van der Waals surface area contributed by atoms with Gasteiger partial charge in [-0.1, -0.05) is 6.07 Å². The van der Waals surface area contributed by atoms with Crippen LogP contribution in [0.15, 0.2) is 17.5 Å². The molecule has 4 rings (SSSR count). The van der Waals surface area contributed by atoms with Gasteiger partial charge in [-0.3, -0.25) is 14.8 Å². The summed E-state index contributed by atoms with van der Waals surface area (Å²) in [6.45, 7) is 4.02. The largest absolute Gasteiger partial charge is 0.350 e. The van der Waals surface area contributed by atoms with Crippen molar-refractivity contribution in [3.8, 4) is 0 Å². The molecule has 1 saturated heterocycles. The van der Waals surface area contributed by atoms with Crippen LogP contribution in [0.3, 0.4) is 0 Å². The SMILES string of the molecule is O=C(NC[C@@H]1CCCN(Cc2cccs2)C1)c1n[nH]c2c1CCC2. The van der Waals surface area contributed by atoms with E-state index in [2.05, 4.69) is 37.9 Å². The molecule has 24 heavy (non-hydrogen) atoms. The molecule has 2 aromatic rings. The number of aromatic amines is 1. The zero-order chi connectivity index (χ0) is 16.4. The average molecular weight is 344 g/mol. The van der Waals surface area contributed by atoms with Gasteiger partial charge >= 0.3 is 0 Å². The first-order chi connectivity index (χ1) is 11.8. The maximum atomic E-state index is 12.4. The third kappa shape index (κ3) is 3.39. The number of nitrogens with zero attached hydrogens (tertiary/aromatic N) is 2. The molecule has 5 nitrogen and oxygen atoms in total. The second-order valence-corrected chi connectivity index (χ2v) is 7.95. The van der Waals surface area contributed by atoms with Gasteiger partial charge in [0.05, 0.1) is 0 Å². The third-order valence-corrected chi connectivity index (χ3v) is 6.00. The van der Waals surface area contributed by atoms with Crippen LogP contribution in [0.4, 0.5) is 0 Å². The zero-order valence-electron chi connectivity index (χ0n) is 13.9. The van der Waals surface area contributed by atoms with E-state index in [0.29, 0.717) is 11.6 Å². The van der Waals surface area contributed by atoms with Crippen molar-refractivity contribution < 1.29 is 4.79 Å². The standard InChI is InChI=1S/C18H24N4OS/c23-18(17-15-6-1-7-16(15)20-21-17)19-10-13-4-2-8-22(11-13)12-14-5-3-9-24-14/h3,5,9,13H,1-2,4,6-8,10-12H2,(H,19,23)(H,20,21)/t13-/m0/s1. The van der Waals surface area contributed by atoms with Crippen molar-refractivity contribution in [1.29, 1.82) is 0 Å². The molecule has 1 aliphatic heterocycles. The summed E-state index contributed by atoms with van der Waals surface area (Å²) < 4.78 is 0. The molecule has 2 aliphatic rings. The lowest BCUT2D eigenvalue weighted by atomic mass is 9.98. The number of carbonyl (C=O) groups excluding carboxylic acids is 1. The molecular formula is C18H24N4OS. The van der Waals surface area contributed by atoms with Crippen molar-refractivity contribution in [2.45, 2.75) is 38.6 Å². The van der Waals surface area contributed by atoms with E-state index < -0.39 is 0 Å². The number of carbonyl (C=O) groups is 1. The second kappa shape index (κ2) is 7.07. The predicted octanol–water partition coefficient (Wildman–Crippen LogP) is 2.60. The maximum Gasteiger partial charge on any atom is 0.272 e. The van der Waals surface area contributed by atoms with Gasteiger partial charge in [-0.2, -0.15) is 5.10 Å². The van der Waals surface area contributed by atoms with Crippen LogP contribution in [-0.2, 0) is 19.4 Å². The Morgan fingerprint density at radius 1 is 1.42 bits per heavy atom. The number of hydrogen-bond acceptors (Lipinski definition) is 4. The Morgan fingerprint density at radius 2 is 2.38 bits per heavy atom. The zero-order valence-corrected chi connectivity index (χ0v) is 14.7. The summed E-state index contributed by atoms with van der Waals surface area (Å²) >= 11 is 1.82. The van der Waals surface area contributed by atoms with Crippen LogP contribution in [0.1, 0.15) is 45.9 Å². The van der Waals surface area contributed by atoms with Gasteiger partial charge in [0.25, 0.3) is 5.91 Å². The van der Waals surface area contributed by atoms with Crippen LogP contribution in [-0.4, -0.2) is 40.6 Å². The lowest BCUT2D eigenvalue weighted by molar-refractivity contribution is 0.0925. The molecule has 3 heterocycles. The van der Waals surface area contributed by atoms with Gasteiger partial charge in [-0.05, 0) is 56.0 Å². The number of aromatic nitrogens is 2. The first-order valence-electron chi connectivity index (χ1n) is 8.88. The molecule has 2 N–H and O–H groups in total. The number of piperidine rings is 1.